The Hall–Kier alpha value is -2.88. The molecule has 1 aliphatic rings. The van der Waals surface area contributed by atoms with Crippen LogP contribution in [0.25, 0.3) is 27.8 Å². The Balaban J connectivity index is 1.21. The van der Waals surface area contributed by atoms with Gasteiger partial charge in [-0.3, -0.25) is 9.36 Å². The van der Waals surface area contributed by atoms with Gasteiger partial charge in [0.1, 0.15) is 6.10 Å². The Bertz CT molecular complexity index is 1620. The van der Waals surface area contributed by atoms with E-state index in [4.69, 9.17) is 32.9 Å². The highest BCUT2D eigenvalue weighted by molar-refractivity contribution is 7.99. The van der Waals surface area contributed by atoms with Crippen LogP contribution in [-0.2, 0) is 4.74 Å². The molecule has 2 aromatic heterocycles. The zero-order valence-electron chi connectivity index (χ0n) is 18.6. The normalized spacial score (nSPS) is 16.8. The van der Waals surface area contributed by atoms with Gasteiger partial charge in [0.25, 0.3) is 5.56 Å². The molecule has 36 heavy (non-hydrogen) atoms. The van der Waals surface area contributed by atoms with Crippen LogP contribution in [-0.4, -0.2) is 32.6 Å². The topological polar surface area (TPSA) is 72.3 Å². The molecule has 0 amide bonds. The summed E-state index contributed by atoms with van der Waals surface area (Å²) in [7, 11) is 0. The highest BCUT2D eigenvalue weighted by atomic mass is 35.5. The van der Waals surface area contributed by atoms with Crippen molar-refractivity contribution in [3.8, 4) is 16.9 Å². The van der Waals surface area contributed by atoms with Gasteiger partial charge in [0.2, 0.25) is 0 Å². The second-order valence-corrected chi connectivity index (χ2v) is 10.8. The number of nitrogens with zero attached hydrogens (tertiary/aromatic N) is 3. The summed E-state index contributed by atoms with van der Waals surface area (Å²) in [6.45, 7) is 0. The van der Waals surface area contributed by atoms with Gasteiger partial charge in [-0.1, -0.05) is 77.4 Å². The molecule has 1 aliphatic heterocycles. The molecule has 180 valence electrons. The number of hydrogen-bond donors (Lipinski definition) is 1. The molecule has 1 fully saturated rings. The van der Waals surface area contributed by atoms with Crippen LogP contribution in [0.2, 0.25) is 10.0 Å². The molecular formula is C26H18Cl2N4O2S2. The SMILES string of the molecule is O=c1c2ccccc2nc(SCC2OC2Nc2nc(-c3ccccc3)cs2)n1-c1ccc(Cl)c(Cl)c1. The van der Waals surface area contributed by atoms with E-state index in [1.165, 1.54) is 11.8 Å². The number of para-hydroxylation sites is 1. The Morgan fingerprint density at radius 1 is 1.00 bits per heavy atom. The first-order chi connectivity index (χ1) is 17.6. The third-order valence-electron chi connectivity index (χ3n) is 5.70. The number of thioether (sulfide) groups is 1. The highest BCUT2D eigenvalue weighted by Gasteiger charge is 2.39. The zero-order valence-corrected chi connectivity index (χ0v) is 21.7. The molecule has 1 N–H and O–H groups in total. The number of nitrogens with one attached hydrogen (secondary N) is 1. The quantitative estimate of drug-likeness (QED) is 0.137. The van der Waals surface area contributed by atoms with Gasteiger partial charge in [0, 0.05) is 16.7 Å². The summed E-state index contributed by atoms with van der Waals surface area (Å²) >= 11 is 15.4. The van der Waals surface area contributed by atoms with Gasteiger partial charge in [-0.25, -0.2) is 9.97 Å². The second-order valence-electron chi connectivity index (χ2n) is 8.10. The largest absolute Gasteiger partial charge is 0.347 e. The van der Waals surface area contributed by atoms with Crippen molar-refractivity contribution < 1.29 is 4.74 Å². The molecule has 2 atom stereocenters. The lowest BCUT2D eigenvalue weighted by Crippen LogP contribution is -2.22. The van der Waals surface area contributed by atoms with Crippen molar-refractivity contribution >= 4 is 62.3 Å². The number of aromatic nitrogens is 3. The number of fused-ring (bicyclic) bond motifs is 1. The van der Waals surface area contributed by atoms with Gasteiger partial charge in [0.05, 0.1) is 32.3 Å². The van der Waals surface area contributed by atoms with Crippen LogP contribution in [0.1, 0.15) is 0 Å². The molecule has 0 bridgehead atoms. The summed E-state index contributed by atoms with van der Waals surface area (Å²) in [4.78, 5) is 22.9. The van der Waals surface area contributed by atoms with Crippen LogP contribution in [0.4, 0.5) is 5.13 Å². The van der Waals surface area contributed by atoms with Crippen LogP contribution in [0.5, 0.6) is 0 Å². The van der Waals surface area contributed by atoms with Crippen molar-refractivity contribution in [3.05, 3.63) is 98.6 Å². The highest BCUT2D eigenvalue weighted by Crippen LogP contribution is 2.33. The van der Waals surface area contributed by atoms with Gasteiger partial charge in [-0.15, -0.1) is 11.3 Å². The molecule has 0 spiro atoms. The third kappa shape index (κ3) is 4.75. The van der Waals surface area contributed by atoms with Crippen LogP contribution < -0.4 is 10.9 Å². The fourth-order valence-corrected chi connectivity index (χ4v) is 5.90. The average molecular weight is 553 g/mol. The molecule has 6 rings (SSSR count). The minimum atomic E-state index is -0.163. The van der Waals surface area contributed by atoms with E-state index in [9.17, 15) is 4.79 Å². The average Bonchev–Trinajstić information content (AvgIpc) is 3.46. The van der Waals surface area contributed by atoms with Crippen molar-refractivity contribution in [3.63, 3.8) is 0 Å². The number of epoxide rings is 1. The number of benzene rings is 3. The number of ether oxygens (including phenoxy) is 1. The molecule has 3 heterocycles. The van der Waals surface area contributed by atoms with Crippen molar-refractivity contribution in [1.29, 1.82) is 0 Å². The number of hydrogen-bond acceptors (Lipinski definition) is 7. The van der Waals surface area contributed by atoms with E-state index in [1.807, 2.05) is 53.9 Å². The van der Waals surface area contributed by atoms with E-state index in [0.717, 1.165) is 16.4 Å². The predicted molar refractivity (Wildman–Crippen MR) is 148 cm³/mol. The third-order valence-corrected chi connectivity index (χ3v) is 8.24. The van der Waals surface area contributed by atoms with Gasteiger partial charge < -0.3 is 10.1 Å². The van der Waals surface area contributed by atoms with Crippen molar-refractivity contribution in [2.24, 2.45) is 0 Å². The molecule has 0 saturated carbocycles. The molecule has 5 aromatic rings. The summed E-state index contributed by atoms with van der Waals surface area (Å²) in [5.74, 6) is 0.612. The van der Waals surface area contributed by atoms with Crippen LogP contribution >= 0.6 is 46.3 Å². The summed E-state index contributed by atoms with van der Waals surface area (Å²) in [5.41, 5.74) is 3.10. The molecule has 0 radical (unpaired) electrons. The maximum Gasteiger partial charge on any atom is 0.266 e. The van der Waals surface area contributed by atoms with Crippen LogP contribution in [0.15, 0.2) is 88.1 Å². The first-order valence-electron chi connectivity index (χ1n) is 11.1. The Labute approximate surface area is 224 Å². The van der Waals surface area contributed by atoms with E-state index in [0.29, 0.717) is 37.5 Å². The van der Waals surface area contributed by atoms with Gasteiger partial charge in [-0.05, 0) is 30.3 Å². The van der Waals surface area contributed by atoms with Crippen molar-refractivity contribution in [2.75, 3.05) is 11.1 Å². The fraction of sp³-hybridized carbons (Fsp3) is 0.115. The summed E-state index contributed by atoms with van der Waals surface area (Å²) in [6.07, 6.45) is -0.178. The van der Waals surface area contributed by atoms with E-state index in [2.05, 4.69) is 10.3 Å². The molecular weight excluding hydrogens is 535 g/mol. The lowest BCUT2D eigenvalue weighted by atomic mass is 10.2. The molecule has 10 heteroatoms. The number of halogens is 2. The smallest absolute Gasteiger partial charge is 0.266 e. The Morgan fingerprint density at radius 3 is 2.64 bits per heavy atom. The molecule has 0 aliphatic carbocycles. The molecule has 6 nitrogen and oxygen atoms in total. The standard InChI is InChI=1S/C26H18Cl2N4O2S2/c27-18-11-10-16(12-19(18)28)32-24(33)17-8-4-5-9-20(17)30-26(32)36-14-22-23(34-22)31-25-29-21(13-35-25)15-6-2-1-3-7-15/h1-13,22-23H,14H2,(H,29,31). The summed E-state index contributed by atoms with van der Waals surface area (Å²) < 4.78 is 7.41. The summed E-state index contributed by atoms with van der Waals surface area (Å²) in [6, 6.07) is 22.5. The minimum Gasteiger partial charge on any atom is -0.347 e. The number of thiazole rings is 1. The number of rotatable bonds is 7. The van der Waals surface area contributed by atoms with E-state index in [-0.39, 0.29) is 17.9 Å². The Kier molecular flexibility index (Phi) is 6.45. The summed E-state index contributed by atoms with van der Waals surface area (Å²) in [5, 5.41) is 8.07. The van der Waals surface area contributed by atoms with Crippen LogP contribution in [0, 0.1) is 0 Å². The molecule has 1 saturated heterocycles. The van der Waals surface area contributed by atoms with Gasteiger partial charge in [0.15, 0.2) is 16.5 Å². The van der Waals surface area contributed by atoms with Gasteiger partial charge >= 0.3 is 0 Å². The van der Waals surface area contributed by atoms with E-state index in [1.54, 1.807) is 40.2 Å². The maximum atomic E-state index is 13.4. The molecule has 2 unspecified atom stereocenters. The maximum absolute atomic E-state index is 13.4. The fourth-order valence-electron chi connectivity index (χ4n) is 3.82. The zero-order chi connectivity index (χ0) is 24.6. The first kappa shape index (κ1) is 23.5. The van der Waals surface area contributed by atoms with Crippen molar-refractivity contribution in [1.82, 2.24) is 14.5 Å². The lowest BCUT2D eigenvalue weighted by Gasteiger charge is -2.13. The van der Waals surface area contributed by atoms with Crippen molar-refractivity contribution in [2.45, 2.75) is 17.5 Å². The Morgan fingerprint density at radius 2 is 1.81 bits per heavy atom. The first-order valence-corrected chi connectivity index (χ1v) is 13.7. The lowest BCUT2D eigenvalue weighted by molar-refractivity contribution is 0.394. The monoisotopic (exact) mass is 552 g/mol. The van der Waals surface area contributed by atoms with E-state index >= 15 is 0 Å². The second kappa shape index (κ2) is 9.88. The number of anilines is 1. The predicted octanol–water partition coefficient (Wildman–Crippen LogP) is 6.75. The van der Waals surface area contributed by atoms with E-state index < -0.39 is 0 Å². The minimum absolute atomic E-state index is 0.0373. The molecule has 3 aromatic carbocycles. The van der Waals surface area contributed by atoms with Gasteiger partial charge in [-0.2, -0.15) is 0 Å². The van der Waals surface area contributed by atoms with Crippen LogP contribution in [0.3, 0.4) is 0 Å².